The fourth-order valence-electron chi connectivity index (χ4n) is 1.98. The van der Waals surface area contributed by atoms with E-state index in [1.54, 1.807) is 7.11 Å². The van der Waals surface area contributed by atoms with Crippen LogP contribution >= 0.6 is 0 Å². The Labute approximate surface area is 110 Å². The van der Waals surface area contributed by atoms with Crippen molar-refractivity contribution in [2.24, 2.45) is 5.73 Å². The molecular weight excluding hydrogens is 226 g/mol. The first kappa shape index (κ1) is 15.0. The molecule has 0 aromatic heterocycles. The minimum atomic E-state index is -0.146. The van der Waals surface area contributed by atoms with Gasteiger partial charge in [0.25, 0.3) is 0 Å². The topological polar surface area (TPSA) is 44.5 Å². The Morgan fingerprint density at radius 3 is 2.17 bits per heavy atom. The number of nitrogens with two attached hydrogens (primary N) is 1. The van der Waals surface area contributed by atoms with Gasteiger partial charge in [-0.15, -0.1) is 0 Å². The number of rotatable bonds is 8. The molecule has 0 atom stereocenters. The van der Waals surface area contributed by atoms with E-state index in [1.807, 2.05) is 12.1 Å². The van der Waals surface area contributed by atoms with E-state index in [9.17, 15) is 0 Å². The zero-order valence-electron chi connectivity index (χ0n) is 11.7. The minimum Gasteiger partial charge on any atom is -0.497 e. The van der Waals surface area contributed by atoms with Crippen LogP contribution in [0.3, 0.4) is 0 Å². The highest BCUT2D eigenvalue weighted by atomic mass is 16.5. The Morgan fingerprint density at radius 2 is 1.72 bits per heavy atom. The molecule has 2 N–H and O–H groups in total. The van der Waals surface area contributed by atoms with Crippen LogP contribution in [0.1, 0.15) is 32.3 Å². The highest BCUT2D eigenvalue weighted by molar-refractivity contribution is 5.27. The lowest BCUT2D eigenvalue weighted by atomic mass is 9.97. The standard InChI is InChI=1S/C15H25NO2/c1-4-15(5-2,12-16)18-11-10-13-6-8-14(17-3)9-7-13/h6-9H,4-5,10-12,16H2,1-3H3. The molecule has 3 nitrogen and oxygen atoms in total. The maximum atomic E-state index is 5.98. The SMILES string of the molecule is CCC(CC)(CN)OCCc1ccc(OC)cc1. The molecule has 0 heterocycles. The van der Waals surface area contributed by atoms with Crippen LogP contribution in [0.5, 0.6) is 5.75 Å². The molecule has 0 aliphatic rings. The molecule has 0 aliphatic carbocycles. The van der Waals surface area contributed by atoms with Crippen molar-refractivity contribution >= 4 is 0 Å². The van der Waals surface area contributed by atoms with Crippen LogP contribution in [0.25, 0.3) is 0 Å². The summed E-state index contributed by atoms with van der Waals surface area (Å²) in [6.07, 6.45) is 2.83. The van der Waals surface area contributed by atoms with Gasteiger partial charge in [-0.1, -0.05) is 26.0 Å². The van der Waals surface area contributed by atoms with Crippen LogP contribution in [-0.4, -0.2) is 25.9 Å². The molecule has 102 valence electrons. The minimum absolute atomic E-state index is 0.146. The molecule has 0 saturated carbocycles. The van der Waals surface area contributed by atoms with Crippen LogP contribution in [0, 0.1) is 0 Å². The van der Waals surface area contributed by atoms with Crippen LogP contribution in [0.4, 0.5) is 0 Å². The smallest absolute Gasteiger partial charge is 0.118 e. The number of benzene rings is 1. The van der Waals surface area contributed by atoms with E-state index in [1.165, 1.54) is 5.56 Å². The van der Waals surface area contributed by atoms with Crippen LogP contribution in [0.2, 0.25) is 0 Å². The van der Waals surface area contributed by atoms with E-state index in [4.69, 9.17) is 15.2 Å². The average molecular weight is 251 g/mol. The van der Waals surface area contributed by atoms with Gasteiger partial charge in [-0.25, -0.2) is 0 Å². The summed E-state index contributed by atoms with van der Waals surface area (Å²) in [7, 11) is 1.68. The van der Waals surface area contributed by atoms with Crippen molar-refractivity contribution in [2.75, 3.05) is 20.3 Å². The summed E-state index contributed by atoms with van der Waals surface area (Å²) in [5.41, 5.74) is 6.92. The largest absolute Gasteiger partial charge is 0.497 e. The molecule has 1 aromatic rings. The maximum absolute atomic E-state index is 5.98. The van der Waals surface area contributed by atoms with Crippen LogP contribution in [-0.2, 0) is 11.2 Å². The first-order valence-corrected chi connectivity index (χ1v) is 6.66. The molecule has 18 heavy (non-hydrogen) atoms. The summed E-state index contributed by atoms with van der Waals surface area (Å²) in [4.78, 5) is 0. The molecule has 0 aliphatic heterocycles. The first-order chi connectivity index (χ1) is 8.69. The summed E-state index contributed by atoms with van der Waals surface area (Å²) in [5, 5.41) is 0. The van der Waals surface area contributed by atoms with Crippen molar-refractivity contribution in [3.63, 3.8) is 0 Å². The summed E-state index contributed by atoms with van der Waals surface area (Å²) >= 11 is 0. The molecule has 0 bridgehead atoms. The highest BCUT2D eigenvalue weighted by Crippen LogP contribution is 2.19. The van der Waals surface area contributed by atoms with E-state index < -0.39 is 0 Å². The average Bonchev–Trinajstić information content (AvgIpc) is 2.45. The third-order valence-electron chi connectivity index (χ3n) is 3.62. The molecule has 0 fully saturated rings. The fraction of sp³-hybridized carbons (Fsp3) is 0.600. The van der Waals surface area contributed by atoms with Gasteiger partial charge in [-0.2, -0.15) is 0 Å². The van der Waals surface area contributed by atoms with Crippen molar-refractivity contribution < 1.29 is 9.47 Å². The van der Waals surface area contributed by atoms with Gasteiger partial charge in [-0.3, -0.25) is 0 Å². The number of methoxy groups -OCH3 is 1. The molecule has 0 spiro atoms. The predicted octanol–water partition coefficient (Wildman–Crippen LogP) is 2.77. The second kappa shape index (κ2) is 7.39. The zero-order chi connectivity index (χ0) is 13.4. The zero-order valence-corrected chi connectivity index (χ0v) is 11.7. The Kier molecular flexibility index (Phi) is 6.16. The van der Waals surface area contributed by atoms with Crippen LogP contribution < -0.4 is 10.5 Å². The van der Waals surface area contributed by atoms with Gasteiger partial charge in [0.15, 0.2) is 0 Å². The van der Waals surface area contributed by atoms with Crippen molar-refractivity contribution in [2.45, 2.75) is 38.7 Å². The van der Waals surface area contributed by atoms with E-state index >= 15 is 0 Å². The van der Waals surface area contributed by atoms with E-state index in [-0.39, 0.29) is 5.60 Å². The Morgan fingerprint density at radius 1 is 1.11 bits per heavy atom. The first-order valence-electron chi connectivity index (χ1n) is 6.66. The monoisotopic (exact) mass is 251 g/mol. The lowest BCUT2D eigenvalue weighted by molar-refractivity contribution is -0.0428. The summed E-state index contributed by atoms with van der Waals surface area (Å²) < 4.78 is 11.1. The van der Waals surface area contributed by atoms with Crippen LogP contribution in [0.15, 0.2) is 24.3 Å². The molecule has 0 amide bonds. The Hall–Kier alpha value is -1.06. The molecule has 1 aromatic carbocycles. The third-order valence-corrected chi connectivity index (χ3v) is 3.62. The summed E-state index contributed by atoms with van der Waals surface area (Å²) in [6, 6.07) is 8.10. The van der Waals surface area contributed by atoms with Gasteiger partial charge < -0.3 is 15.2 Å². The second-order valence-electron chi connectivity index (χ2n) is 4.54. The molecule has 0 unspecified atom stereocenters. The molecule has 0 radical (unpaired) electrons. The summed E-state index contributed by atoms with van der Waals surface area (Å²) in [6.45, 7) is 5.56. The molecule has 3 heteroatoms. The van der Waals surface area contributed by atoms with Crippen molar-refractivity contribution in [3.8, 4) is 5.75 Å². The summed E-state index contributed by atoms with van der Waals surface area (Å²) in [5.74, 6) is 0.887. The Balaban J connectivity index is 2.44. The van der Waals surface area contributed by atoms with Crippen molar-refractivity contribution in [1.82, 2.24) is 0 Å². The number of ether oxygens (including phenoxy) is 2. The number of hydrogen-bond acceptors (Lipinski definition) is 3. The normalized spacial score (nSPS) is 11.6. The second-order valence-corrected chi connectivity index (χ2v) is 4.54. The molecular formula is C15H25NO2. The van der Waals surface area contributed by atoms with E-state index in [0.29, 0.717) is 13.2 Å². The lowest BCUT2D eigenvalue weighted by Crippen LogP contribution is -2.40. The van der Waals surface area contributed by atoms with Gasteiger partial charge in [-0.05, 0) is 37.0 Å². The van der Waals surface area contributed by atoms with Crippen molar-refractivity contribution in [1.29, 1.82) is 0 Å². The Bertz CT molecular complexity index is 323. The highest BCUT2D eigenvalue weighted by Gasteiger charge is 2.24. The quantitative estimate of drug-likeness (QED) is 0.772. The fourth-order valence-corrected chi connectivity index (χ4v) is 1.98. The van der Waals surface area contributed by atoms with Gasteiger partial charge in [0.05, 0.1) is 19.3 Å². The van der Waals surface area contributed by atoms with Gasteiger partial charge in [0.2, 0.25) is 0 Å². The van der Waals surface area contributed by atoms with Gasteiger partial charge in [0.1, 0.15) is 5.75 Å². The van der Waals surface area contributed by atoms with Gasteiger partial charge in [0, 0.05) is 6.54 Å². The third kappa shape index (κ3) is 4.00. The van der Waals surface area contributed by atoms with E-state index in [0.717, 1.165) is 25.0 Å². The maximum Gasteiger partial charge on any atom is 0.118 e. The van der Waals surface area contributed by atoms with E-state index in [2.05, 4.69) is 26.0 Å². The predicted molar refractivity (Wildman–Crippen MR) is 75.0 cm³/mol. The molecule has 0 saturated heterocycles. The number of hydrogen-bond donors (Lipinski definition) is 1. The molecule has 1 rings (SSSR count). The van der Waals surface area contributed by atoms with Crippen molar-refractivity contribution in [3.05, 3.63) is 29.8 Å². The lowest BCUT2D eigenvalue weighted by Gasteiger charge is -2.30. The van der Waals surface area contributed by atoms with Gasteiger partial charge >= 0.3 is 0 Å².